The van der Waals surface area contributed by atoms with Gasteiger partial charge in [-0.15, -0.1) is 0 Å². The van der Waals surface area contributed by atoms with Crippen LogP contribution in [0.3, 0.4) is 0 Å². The standard InChI is InChI=1S/C20H15ClFN3O3/c1-28-18-9-8-12(21)10-17(18)25-20(27)16-7-3-6-15(24-16)19(26)23-14-5-2-4-13(22)11-14/h2-11H,1H3,(H,23,26)(H,25,27). The van der Waals surface area contributed by atoms with Gasteiger partial charge in [-0.05, 0) is 48.5 Å². The van der Waals surface area contributed by atoms with Crippen molar-refractivity contribution in [1.29, 1.82) is 0 Å². The smallest absolute Gasteiger partial charge is 0.274 e. The van der Waals surface area contributed by atoms with Crippen LogP contribution in [0.15, 0.2) is 60.7 Å². The zero-order valence-corrected chi connectivity index (χ0v) is 15.5. The third-order valence-electron chi connectivity index (χ3n) is 3.71. The number of hydrogen-bond acceptors (Lipinski definition) is 4. The van der Waals surface area contributed by atoms with Crippen molar-refractivity contribution in [3.8, 4) is 5.75 Å². The van der Waals surface area contributed by atoms with Crippen molar-refractivity contribution < 1.29 is 18.7 Å². The number of carbonyl (C=O) groups is 2. The number of ether oxygens (including phenoxy) is 1. The molecule has 28 heavy (non-hydrogen) atoms. The molecule has 0 bridgehead atoms. The van der Waals surface area contributed by atoms with E-state index < -0.39 is 17.6 Å². The van der Waals surface area contributed by atoms with Crippen LogP contribution in [0.4, 0.5) is 15.8 Å². The average Bonchev–Trinajstić information content (AvgIpc) is 2.68. The molecule has 1 heterocycles. The molecule has 3 aromatic rings. The molecular weight excluding hydrogens is 385 g/mol. The summed E-state index contributed by atoms with van der Waals surface area (Å²) >= 11 is 5.96. The van der Waals surface area contributed by atoms with Crippen LogP contribution >= 0.6 is 11.6 Å². The van der Waals surface area contributed by atoms with Crippen LogP contribution in [0.5, 0.6) is 5.75 Å². The van der Waals surface area contributed by atoms with Crippen LogP contribution in [0, 0.1) is 5.82 Å². The van der Waals surface area contributed by atoms with Gasteiger partial charge in [0.2, 0.25) is 0 Å². The Balaban J connectivity index is 1.78. The molecule has 0 fully saturated rings. The third kappa shape index (κ3) is 4.63. The number of hydrogen-bond donors (Lipinski definition) is 2. The van der Waals surface area contributed by atoms with Gasteiger partial charge in [0.1, 0.15) is 23.0 Å². The lowest BCUT2D eigenvalue weighted by Crippen LogP contribution is -2.18. The molecular formula is C20H15ClFN3O3. The van der Waals surface area contributed by atoms with Gasteiger partial charge in [-0.3, -0.25) is 9.59 Å². The molecule has 2 aromatic carbocycles. The molecule has 2 N–H and O–H groups in total. The number of halogens is 2. The molecule has 0 aliphatic heterocycles. The monoisotopic (exact) mass is 399 g/mol. The van der Waals surface area contributed by atoms with Gasteiger partial charge in [-0.25, -0.2) is 9.37 Å². The highest BCUT2D eigenvalue weighted by molar-refractivity contribution is 6.31. The van der Waals surface area contributed by atoms with Gasteiger partial charge >= 0.3 is 0 Å². The second-order valence-electron chi connectivity index (χ2n) is 5.67. The fraction of sp³-hybridized carbons (Fsp3) is 0.0500. The zero-order valence-electron chi connectivity index (χ0n) is 14.7. The van der Waals surface area contributed by atoms with Crippen LogP contribution in [0.1, 0.15) is 21.0 Å². The number of methoxy groups -OCH3 is 1. The minimum Gasteiger partial charge on any atom is -0.495 e. The van der Waals surface area contributed by atoms with E-state index >= 15 is 0 Å². The molecule has 0 spiro atoms. The highest BCUT2D eigenvalue weighted by Gasteiger charge is 2.15. The molecule has 3 rings (SSSR count). The summed E-state index contributed by atoms with van der Waals surface area (Å²) in [7, 11) is 1.47. The number of nitrogens with one attached hydrogen (secondary N) is 2. The van der Waals surface area contributed by atoms with E-state index in [9.17, 15) is 14.0 Å². The first-order valence-electron chi connectivity index (χ1n) is 8.15. The van der Waals surface area contributed by atoms with Crippen LogP contribution in [-0.2, 0) is 0 Å². The summed E-state index contributed by atoms with van der Waals surface area (Å²) in [5.74, 6) is -1.16. The summed E-state index contributed by atoms with van der Waals surface area (Å²) < 4.78 is 18.4. The Kier molecular flexibility index (Phi) is 5.86. The lowest BCUT2D eigenvalue weighted by molar-refractivity contribution is 0.101. The van der Waals surface area contributed by atoms with Crippen molar-refractivity contribution in [2.75, 3.05) is 17.7 Å². The van der Waals surface area contributed by atoms with Crippen LogP contribution in [0.25, 0.3) is 0 Å². The van der Waals surface area contributed by atoms with Crippen molar-refractivity contribution in [2.24, 2.45) is 0 Å². The van der Waals surface area contributed by atoms with Gasteiger partial charge in [-0.2, -0.15) is 0 Å². The SMILES string of the molecule is COc1ccc(Cl)cc1NC(=O)c1cccc(C(=O)Nc2cccc(F)c2)n1. The van der Waals surface area contributed by atoms with Crippen LogP contribution in [-0.4, -0.2) is 23.9 Å². The molecule has 0 aliphatic carbocycles. The van der Waals surface area contributed by atoms with Gasteiger partial charge in [-0.1, -0.05) is 23.7 Å². The molecule has 0 saturated heterocycles. The Morgan fingerprint density at radius 3 is 2.32 bits per heavy atom. The van der Waals surface area contributed by atoms with E-state index in [4.69, 9.17) is 16.3 Å². The molecule has 2 amide bonds. The number of aromatic nitrogens is 1. The van der Waals surface area contributed by atoms with Crippen molar-refractivity contribution in [3.05, 3.63) is 82.9 Å². The minimum absolute atomic E-state index is 0.00923. The maximum atomic E-state index is 13.2. The molecule has 8 heteroatoms. The van der Waals surface area contributed by atoms with E-state index in [1.165, 1.54) is 43.5 Å². The predicted molar refractivity (Wildman–Crippen MR) is 105 cm³/mol. The highest BCUT2D eigenvalue weighted by Crippen LogP contribution is 2.28. The van der Waals surface area contributed by atoms with Crippen molar-refractivity contribution in [3.63, 3.8) is 0 Å². The Morgan fingerprint density at radius 1 is 0.964 bits per heavy atom. The first kappa shape index (κ1) is 19.3. The summed E-state index contributed by atoms with van der Waals surface area (Å²) in [6, 6.07) is 14.7. The fourth-order valence-electron chi connectivity index (χ4n) is 2.41. The lowest BCUT2D eigenvalue weighted by atomic mass is 10.2. The van der Waals surface area contributed by atoms with Gasteiger partial charge < -0.3 is 15.4 Å². The Labute approximate surface area is 165 Å². The van der Waals surface area contributed by atoms with E-state index in [-0.39, 0.29) is 17.1 Å². The molecule has 6 nitrogen and oxygen atoms in total. The number of benzene rings is 2. The van der Waals surface area contributed by atoms with Gasteiger partial charge in [0.25, 0.3) is 11.8 Å². The Morgan fingerprint density at radius 2 is 1.64 bits per heavy atom. The second-order valence-corrected chi connectivity index (χ2v) is 6.11. The lowest BCUT2D eigenvalue weighted by Gasteiger charge is -2.11. The van der Waals surface area contributed by atoms with Gasteiger partial charge in [0.05, 0.1) is 12.8 Å². The van der Waals surface area contributed by atoms with Gasteiger partial charge in [0, 0.05) is 10.7 Å². The Bertz CT molecular complexity index is 1040. The first-order chi connectivity index (χ1) is 13.5. The summed E-state index contributed by atoms with van der Waals surface area (Å²) in [6.07, 6.45) is 0. The largest absolute Gasteiger partial charge is 0.495 e. The molecule has 0 aliphatic rings. The second kappa shape index (κ2) is 8.49. The summed E-state index contributed by atoms with van der Waals surface area (Å²) in [5.41, 5.74) is 0.686. The van der Waals surface area contributed by atoms with Crippen molar-refractivity contribution >= 4 is 34.8 Å². The van der Waals surface area contributed by atoms with E-state index in [0.717, 1.165) is 0 Å². The molecule has 1 aromatic heterocycles. The maximum absolute atomic E-state index is 13.2. The van der Waals surface area contributed by atoms with E-state index in [0.29, 0.717) is 16.5 Å². The molecule has 142 valence electrons. The molecule has 0 saturated carbocycles. The molecule has 0 radical (unpaired) electrons. The summed E-state index contributed by atoms with van der Waals surface area (Å²) in [4.78, 5) is 28.9. The topological polar surface area (TPSA) is 80.3 Å². The van der Waals surface area contributed by atoms with Crippen molar-refractivity contribution in [2.45, 2.75) is 0 Å². The predicted octanol–water partition coefficient (Wildman–Crippen LogP) is 4.39. The zero-order chi connectivity index (χ0) is 20.1. The first-order valence-corrected chi connectivity index (χ1v) is 8.53. The number of pyridine rings is 1. The van der Waals surface area contributed by atoms with Gasteiger partial charge in [0.15, 0.2) is 0 Å². The quantitative estimate of drug-likeness (QED) is 0.667. The Hall–Kier alpha value is -3.45. The molecule has 0 unspecified atom stereocenters. The fourth-order valence-corrected chi connectivity index (χ4v) is 2.59. The normalized spacial score (nSPS) is 10.2. The van der Waals surface area contributed by atoms with Crippen LogP contribution < -0.4 is 15.4 Å². The number of nitrogens with zero attached hydrogens (tertiary/aromatic N) is 1. The average molecular weight is 400 g/mol. The summed E-state index contributed by atoms with van der Waals surface area (Å²) in [5, 5.41) is 5.60. The number of amides is 2. The molecule has 0 atom stereocenters. The highest BCUT2D eigenvalue weighted by atomic mass is 35.5. The van der Waals surface area contributed by atoms with E-state index in [1.807, 2.05) is 0 Å². The number of anilines is 2. The van der Waals surface area contributed by atoms with E-state index in [1.54, 1.807) is 24.3 Å². The van der Waals surface area contributed by atoms with Crippen molar-refractivity contribution in [1.82, 2.24) is 4.98 Å². The third-order valence-corrected chi connectivity index (χ3v) is 3.94. The van der Waals surface area contributed by atoms with E-state index in [2.05, 4.69) is 15.6 Å². The number of rotatable bonds is 5. The summed E-state index contributed by atoms with van der Waals surface area (Å²) in [6.45, 7) is 0. The maximum Gasteiger partial charge on any atom is 0.274 e. The van der Waals surface area contributed by atoms with Crippen LogP contribution in [0.2, 0.25) is 5.02 Å². The minimum atomic E-state index is -0.569. The number of carbonyl (C=O) groups excluding carboxylic acids is 2.